The van der Waals surface area contributed by atoms with Gasteiger partial charge in [0.15, 0.2) is 0 Å². The first-order chi connectivity index (χ1) is 9.93. The molecule has 0 bridgehead atoms. The molecule has 21 heavy (non-hydrogen) atoms. The average molecular weight is 353 g/mol. The quantitative estimate of drug-likeness (QED) is 0.868. The molecule has 2 N–H and O–H groups in total. The highest BCUT2D eigenvalue weighted by Gasteiger charge is 2.37. The van der Waals surface area contributed by atoms with Crippen LogP contribution in [0.1, 0.15) is 45.2 Å². The van der Waals surface area contributed by atoms with Crippen molar-refractivity contribution in [1.29, 1.82) is 0 Å². The molecular formula is C17H25BrN2O. The van der Waals surface area contributed by atoms with E-state index in [1.165, 1.54) is 0 Å². The lowest BCUT2D eigenvalue weighted by atomic mass is 9.74. The second-order valence-electron chi connectivity index (χ2n) is 6.48. The van der Waals surface area contributed by atoms with E-state index >= 15 is 0 Å². The first-order valence-corrected chi connectivity index (χ1v) is 8.48. The van der Waals surface area contributed by atoms with Gasteiger partial charge in [0, 0.05) is 9.89 Å². The van der Waals surface area contributed by atoms with Crippen LogP contribution in [0.2, 0.25) is 0 Å². The molecule has 1 aromatic carbocycles. The Morgan fingerprint density at radius 3 is 2.76 bits per heavy atom. The summed E-state index contributed by atoms with van der Waals surface area (Å²) in [7, 11) is 0. The highest BCUT2D eigenvalue weighted by Crippen LogP contribution is 2.33. The van der Waals surface area contributed by atoms with E-state index in [4.69, 9.17) is 0 Å². The third kappa shape index (κ3) is 3.86. The van der Waals surface area contributed by atoms with Gasteiger partial charge >= 0.3 is 0 Å². The van der Waals surface area contributed by atoms with Crippen LogP contribution in [0.15, 0.2) is 28.7 Å². The zero-order valence-electron chi connectivity index (χ0n) is 13.1. The van der Waals surface area contributed by atoms with Gasteiger partial charge < -0.3 is 10.6 Å². The predicted molar refractivity (Wildman–Crippen MR) is 90.1 cm³/mol. The molecule has 1 amide bonds. The third-order valence-corrected chi connectivity index (χ3v) is 5.34. The molecule has 1 aliphatic rings. The Morgan fingerprint density at radius 2 is 2.14 bits per heavy atom. The van der Waals surface area contributed by atoms with Crippen molar-refractivity contribution in [3.05, 3.63) is 34.3 Å². The Morgan fingerprint density at radius 1 is 1.43 bits per heavy atom. The fourth-order valence-electron chi connectivity index (χ4n) is 2.94. The van der Waals surface area contributed by atoms with Crippen molar-refractivity contribution >= 4 is 21.8 Å². The van der Waals surface area contributed by atoms with Gasteiger partial charge in [0.25, 0.3) is 0 Å². The van der Waals surface area contributed by atoms with E-state index in [0.717, 1.165) is 36.0 Å². The van der Waals surface area contributed by atoms with Crippen molar-refractivity contribution < 1.29 is 4.79 Å². The molecule has 0 radical (unpaired) electrons. The number of nitrogens with one attached hydrogen (secondary N) is 2. The summed E-state index contributed by atoms with van der Waals surface area (Å²) in [5.74, 6) is 0.539. The van der Waals surface area contributed by atoms with Gasteiger partial charge in [0.1, 0.15) is 0 Å². The normalized spacial score (nSPS) is 20.9. The van der Waals surface area contributed by atoms with Crippen molar-refractivity contribution in [2.75, 3.05) is 13.1 Å². The van der Waals surface area contributed by atoms with E-state index in [0.29, 0.717) is 5.92 Å². The van der Waals surface area contributed by atoms with Crippen LogP contribution < -0.4 is 10.6 Å². The van der Waals surface area contributed by atoms with Crippen LogP contribution in [-0.4, -0.2) is 19.0 Å². The van der Waals surface area contributed by atoms with E-state index in [9.17, 15) is 4.79 Å². The van der Waals surface area contributed by atoms with Crippen molar-refractivity contribution in [3.63, 3.8) is 0 Å². The molecule has 1 saturated heterocycles. The highest BCUT2D eigenvalue weighted by atomic mass is 79.9. The zero-order chi connectivity index (χ0) is 15.5. The smallest absolute Gasteiger partial charge is 0.226 e. The van der Waals surface area contributed by atoms with E-state index in [1.807, 2.05) is 31.2 Å². The molecule has 1 fully saturated rings. The van der Waals surface area contributed by atoms with Gasteiger partial charge in [-0.3, -0.25) is 4.79 Å². The van der Waals surface area contributed by atoms with E-state index in [-0.39, 0.29) is 17.4 Å². The monoisotopic (exact) mass is 352 g/mol. The van der Waals surface area contributed by atoms with Crippen LogP contribution in [0, 0.1) is 11.3 Å². The molecule has 1 aromatic rings. The molecule has 1 aliphatic heterocycles. The van der Waals surface area contributed by atoms with Crippen LogP contribution in [0.25, 0.3) is 0 Å². The van der Waals surface area contributed by atoms with Crippen molar-refractivity contribution in [2.45, 2.75) is 39.7 Å². The second kappa shape index (κ2) is 6.93. The maximum absolute atomic E-state index is 12.7. The van der Waals surface area contributed by atoms with Crippen LogP contribution >= 0.6 is 15.9 Å². The highest BCUT2D eigenvalue weighted by molar-refractivity contribution is 9.10. The minimum atomic E-state index is -0.344. The summed E-state index contributed by atoms with van der Waals surface area (Å²) in [6.07, 6.45) is 2.28. The summed E-state index contributed by atoms with van der Waals surface area (Å²) in [5.41, 5.74) is 0.770. The maximum Gasteiger partial charge on any atom is 0.226 e. The van der Waals surface area contributed by atoms with Gasteiger partial charge in [-0.15, -0.1) is 0 Å². The molecule has 116 valence electrons. The Bertz CT molecular complexity index is 495. The summed E-state index contributed by atoms with van der Waals surface area (Å²) >= 11 is 3.55. The summed E-state index contributed by atoms with van der Waals surface area (Å²) in [6, 6.07) is 8.04. The van der Waals surface area contributed by atoms with Crippen LogP contribution in [0.3, 0.4) is 0 Å². The first-order valence-electron chi connectivity index (χ1n) is 7.69. The van der Waals surface area contributed by atoms with E-state index < -0.39 is 0 Å². The number of halogens is 1. The predicted octanol–water partition coefficient (Wildman–Crippen LogP) is 3.65. The topological polar surface area (TPSA) is 41.1 Å². The van der Waals surface area contributed by atoms with Gasteiger partial charge in [-0.1, -0.05) is 48.0 Å². The van der Waals surface area contributed by atoms with Gasteiger partial charge in [-0.25, -0.2) is 0 Å². The van der Waals surface area contributed by atoms with Crippen LogP contribution in [0.5, 0.6) is 0 Å². The van der Waals surface area contributed by atoms with E-state index in [1.54, 1.807) is 0 Å². The molecular weight excluding hydrogens is 328 g/mol. The molecule has 0 spiro atoms. The van der Waals surface area contributed by atoms with Gasteiger partial charge in [-0.05, 0) is 50.4 Å². The van der Waals surface area contributed by atoms with E-state index in [2.05, 4.69) is 40.4 Å². The standard InChI is InChI=1S/C17H25BrN2O/c1-12(14-8-4-5-9-15(14)18)20-16(21)17(2,3)13-7-6-10-19-11-13/h4-5,8-9,12-13,19H,6-7,10-11H2,1-3H3,(H,20,21)/t12-,13?/m0/s1. The summed E-state index contributed by atoms with van der Waals surface area (Å²) in [4.78, 5) is 12.7. The Kier molecular flexibility index (Phi) is 5.44. The molecule has 4 heteroatoms. The molecule has 1 unspecified atom stereocenters. The van der Waals surface area contributed by atoms with Crippen LogP contribution in [-0.2, 0) is 4.79 Å². The largest absolute Gasteiger partial charge is 0.349 e. The summed E-state index contributed by atoms with van der Waals surface area (Å²) < 4.78 is 1.04. The summed E-state index contributed by atoms with van der Waals surface area (Å²) in [5, 5.41) is 6.58. The minimum absolute atomic E-state index is 0.00361. The SMILES string of the molecule is C[C@H](NC(=O)C(C)(C)C1CCCNC1)c1ccccc1Br. The fourth-order valence-corrected chi connectivity index (χ4v) is 3.57. The second-order valence-corrected chi connectivity index (χ2v) is 7.34. The molecule has 0 aromatic heterocycles. The van der Waals surface area contributed by atoms with Gasteiger partial charge in [0.2, 0.25) is 5.91 Å². The van der Waals surface area contributed by atoms with Gasteiger partial charge in [-0.2, -0.15) is 0 Å². The van der Waals surface area contributed by atoms with Crippen molar-refractivity contribution in [3.8, 4) is 0 Å². The minimum Gasteiger partial charge on any atom is -0.349 e. The van der Waals surface area contributed by atoms with Crippen molar-refractivity contribution in [1.82, 2.24) is 10.6 Å². The Hall–Kier alpha value is -0.870. The molecule has 0 saturated carbocycles. The van der Waals surface area contributed by atoms with Crippen LogP contribution in [0.4, 0.5) is 0 Å². The lowest BCUT2D eigenvalue weighted by Gasteiger charge is -2.36. The Labute approximate surface area is 136 Å². The molecule has 1 heterocycles. The average Bonchev–Trinajstić information content (AvgIpc) is 2.48. The number of hydrogen-bond acceptors (Lipinski definition) is 2. The summed E-state index contributed by atoms with van der Waals surface area (Å²) in [6.45, 7) is 8.16. The molecule has 0 aliphatic carbocycles. The third-order valence-electron chi connectivity index (χ3n) is 4.62. The maximum atomic E-state index is 12.7. The van der Waals surface area contributed by atoms with Gasteiger partial charge in [0.05, 0.1) is 6.04 Å². The first kappa shape index (κ1) is 16.5. The number of amides is 1. The zero-order valence-corrected chi connectivity index (χ0v) is 14.7. The molecule has 3 nitrogen and oxygen atoms in total. The number of hydrogen-bond donors (Lipinski definition) is 2. The van der Waals surface area contributed by atoms with Crippen molar-refractivity contribution in [2.24, 2.45) is 11.3 Å². The number of benzene rings is 1. The number of piperidine rings is 1. The lowest BCUT2D eigenvalue weighted by Crippen LogP contribution is -2.47. The number of carbonyl (C=O) groups excluding carboxylic acids is 1. The fraction of sp³-hybridized carbons (Fsp3) is 0.588. The lowest BCUT2D eigenvalue weighted by molar-refractivity contribution is -0.133. The number of carbonyl (C=O) groups is 1. The number of rotatable bonds is 4. The Balaban J connectivity index is 2.04. The molecule has 2 atom stereocenters. The molecule has 2 rings (SSSR count).